The molecule has 0 aromatic carbocycles. The minimum atomic E-state index is -0.196. The fraction of sp³-hybridized carbons (Fsp3) is 0.917. The SMILES string of the molecule is CCNC(C#N)COC1CC(C)OC(C)C1. The third-order valence-electron chi connectivity index (χ3n) is 2.76. The van der Waals surface area contributed by atoms with E-state index >= 15 is 0 Å². The lowest BCUT2D eigenvalue weighted by Crippen LogP contribution is -2.38. The summed E-state index contributed by atoms with van der Waals surface area (Å²) in [6, 6.07) is 2.00. The monoisotopic (exact) mass is 226 g/mol. The molecule has 92 valence electrons. The second-order valence-corrected chi connectivity index (χ2v) is 4.42. The highest BCUT2D eigenvalue weighted by molar-refractivity contribution is 4.89. The molecule has 0 radical (unpaired) electrons. The molecule has 0 aromatic rings. The van der Waals surface area contributed by atoms with Gasteiger partial charge in [0.05, 0.1) is 31.0 Å². The molecule has 1 fully saturated rings. The van der Waals surface area contributed by atoms with Crippen LogP contribution in [0.2, 0.25) is 0 Å². The van der Waals surface area contributed by atoms with E-state index in [1.54, 1.807) is 0 Å². The average Bonchev–Trinajstić information content (AvgIpc) is 2.23. The van der Waals surface area contributed by atoms with Gasteiger partial charge in [-0.25, -0.2) is 0 Å². The zero-order valence-electron chi connectivity index (χ0n) is 10.4. The fourth-order valence-electron chi connectivity index (χ4n) is 2.10. The highest BCUT2D eigenvalue weighted by Gasteiger charge is 2.25. The Morgan fingerprint density at radius 3 is 2.56 bits per heavy atom. The molecule has 3 unspecified atom stereocenters. The molecule has 0 bridgehead atoms. The number of hydrogen-bond acceptors (Lipinski definition) is 4. The molecule has 1 N–H and O–H groups in total. The van der Waals surface area contributed by atoms with Crippen LogP contribution in [0.4, 0.5) is 0 Å². The van der Waals surface area contributed by atoms with E-state index in [0.29, 0.717) is 6.61 Å². The van der Waals surface area contributed by atoms with E-state index in [0.717, 1.165) is 19.4 Å². The summed E-state index contributed by atoms with van der Waals surface area (Å²) in [5.74, 6) is 0. The smallest absolute Gasteiger partial charge is 0.119 e. The Kier molecular flexibility index (Phi) is 5.75. The van der Waals surface area contributed by atoms with Gasteiger partial charge in [0.15, 0.2) is 0 Å². The zero-order chi connectivity index (χ0) is 12.0. The third-order valence-corrected chi connectivity index (χ3v) is 2.76. The maximum absolute atomic E-state index is 8.87. The Bertz CT molecular complexity index is 230. The molecular weight excluding hydrogens is 204 g/mol. The van der Waals surface area contributed by atoms with Crippen LogP contribution in [0.5, 0.6) is 0 Å². The van der Waals surface area contributed by atoms with Crippen molar-refractivity contribution in [3.05, 3.63) is 0 Å². The Hall–Kier alpha value is -0.630. The van der Waals surface area contributed by atoms with Gasteiger partial charge in [0.1, 0.15) is 6.04 Å². The van der Waals surface area contributed by atoms with Crippen LogP contribution in [-0.2, 0) is 9.47 Å². The molecule has 0 saturated carbocycles. The van der Waals surface area contributed by atoms with Crippen LogP contribution in [0, 0.1) is 11.3 Å². The van der Waals surface area contributed by atoms with Gasteiger partial charge in [0.25, 0.3) is 0 Å². The van der Waals surface area contributed by atoms with Gasteiger partial charge in [-0.3, -0.25) is 0 Å². The van der Waals surface area contributed by atoms with E-state index in [1.807, 2.05) is 6.92 Å². The summed E-state index contributed by atoms with van der Waals surface area (Å²) in [7, 11) is 0. The Morgan fingerprint density at radius 1 is 1.44 bits per heavy atom. The number of rotatable bonds is 5. The van der Waals surface area contributed by atoms with Gasteiger partial charge < -0.3 is 14.8 Å². The molecule has 16 heavy (non-hydrogen) atoms. The molecule has 1 saturated heterocycles. The minimum Gasteiger partial charge on any atom is -0.375 e. The van der Waals surface area contributed by atoms with E-state index < -0.39 is 0 Å². The summed E-state index contributed by atoms with van der Waals surface area (Å²) in [6.07, 6.45) is 2.60. The van der Waals surface area contributed by atoms with Crippen LogP contribution >= 0.6 is 0 Å². The van der Waals surface area contributed by atoms with Crippen LogP contribution < -0.4 is 5.32 Å². The standard InChI is InChI=1S/C12H22N2O2/c1-4-14-11(7-13)8-15-12-5-9(2)16-10(3)6-12/h9-12,14H,4-6,8H2,1-3H3. The summed E-state index contributed by atoms with van der Waals surface area (Å²) < 4.78 is 11.4. The van der Waals surface area contributed by atoms with Crippen molar-refractivity contribution < 1.29 is 9.47 Å². The van der Waals surface area contributed by atoms with Gasteiger partial charge in [0, 0.05) is 0 Å². The van der Waals surface area contributed by atoms with E-state index in [4.69, 9.17) is 14.7 Å². The van der Waals surface area contributed by atoms with Gasteiger partial charge in [-0.2, -0.15) is 5.26 Å². The number of nitrogens with one attached hydrogen (secondary N) is 1. The Morgan fingerprint density at radius 2 is 2.06 bits per heavy atom. The number of hydrogen-bond donors (Lipinski definition) is 1. The second-order valence-electron chi connectivity index (χ2n) is 4.42. The minimum absolute atomic E-state index is 0.196. The normalized spacial score (nSPS) is 32.0. The molecule has 4 nitrogen and oxygen atoms in total. The lowest BCUT2D eigenvalue weighted by Gasteiger charge is -2.32. The first-order chi connectivity index (χ1) is 7.65. The van der Waals surface area contributed by atoms with E-state index in [1.165, 1.54) is 0 Å². The van der Waals surface area contributed by atoms with Crippen LogP contribution in [0.3, 0.4) is 0 Å². The molecule has 1 aliphatic rings. The summed E-state index contributed by atoms with van der Waals surface area (Å²) in [5, 5.41) is 12.0. The van der Waals surface area contributed by atoms with Crippen molar-refractivity contribution in [2.24, 2.45) is 0 Å². The number of likely N-dealkylation sites (N-methyl/N-ethyl adjacent to an activating group) is 1. The van der Waals surface area contributed by atoms with Crippen molar-refractivity contribution in [1.82, 2.24) is 5.32 Å². The molecule has 0 aromatic heterocycles. The average molecular weight is 226 g/mol. The van der Waals surface area contributed by atoms with Gasteiger partial charge in [-0.15, -0.1) is 0 Å². The first-order valence-electron chi connectivity index (χ1n) is 6.05. The number of nitriles is 1. The van der Waals surface area contributed by atoms with Gasteiger partial charge >= 0.3 is 0 Å². The van der Waals surface area contributed by atoms with Crippen molar-refractivity contribution in [3.63, 3.8) is 0 Å². The maximum atomic E-state index is 8.87. The zero-order valence-corrected chi connectivity index (χ0v) is 10.4. The third kappa shape index (κ3) is 4.48. The largest absolute Gasteiger partial charge is 0.375 e. The molecule has 0 spiro atoms. The topological polar surface area (TPSA) is 54.3 Å². The van der Waals surface area contributed by atoms with Crippen LogP contribution in [0.15, 0.2) is 0 Å². The molecular formula is C12H22N2O2. The Balaban J connectivity index is 2.28. The van der Waals surface area contributed by atoms with Gasteiger partial charge in [-0.05, 0) is 33.2 Å². The molecule has 3 atom stereocenters. The molecule has 1 aliphatic heterocycles. The first kappa shape index (κ1) is 13.4. The van der Waals surface area contributed by atoms with E-state index in [-0.39, 0.29) is 24.4 Å². The summed E-state index contributed by atoms with van der Waals surface area (Å²) in [5.41, 5.74) is 0. The van der Waals surface area contributed by atoms with Crippen LogP contribution in [-0.4, -0.2) is 37.5 Å². The lowest BCUT2D eigenvalue weighted by atomic mass is 10.0. The van der Waals surface area contributed by atoms with Crippen molar-refractivity contribution in [1.29, 1.82) is 5.26 Å². The summed E-state index contributed by atoms with van der Waals surface area (Å²) >= 11 is 0. The van der Waals surface area contributed by atoms with Crippen molar-refractivity contribution in [2.45, 2.75) is 58.0 Å². The molecule has 0 amide bonds. The van der Waals surface area contributed by atoms with Crippen LogP contribution in [0.1, 0.15) is 33.6 Å². The van der Waals surface area contributed by atoms with E-state index in [9.17, 15) is 0 Å². The second kappa shape index (κ2) is 6.85. The van der Waals surface area contributed by atoms with Gasteiger partial charge in [-0.1, -0.05) is 6.92 Å². The molecule has 0 aliphatic carbocycles. The van der Waals surface area contributed by atoms with Crippen molar-refractivity contribution in [3.8, 4) is 6.07 Å². The Labute approximate surface area is 97.9 Å². The molecule has 1 rings (SSSR count). The summed E-state index contributed by atoms with van der Waals surface area (Å²) in [4.78, 5) is 0. The van der Waals surface area contributed by atoms with Crippen molar-refractivity contribution >= 4 is 0 Å². The molecule has 1 heterocycles. The maximum Gasteiger partial charge on any atom is 0.119 e. The fourth-order valence-corrected chi connectivity index (χ4v) is 2.10. The molecule has 4 heteroatoms. The number of nitrogens with zero attached hydrogens (tertiary/aromatic N) is 1. The first-order valence-corrected chi connectivity index (χ1v) is 6.05. The van der Waals surface area contributed by atoms with Gasteiger partial charge in [0.2, 0.25) is 0 Å². The summed E-state index contributed by atoms with van der Waals surface area (Å²) in [6.45, 7) is 7.38. The highest BCUT2D eigenvalue weighted by Crippen LogP contribution is 2.21. The van der Waals surface area contributed by atoms with Crippen LogP contribution in [0.25, 0.3) is 0 Å². The predicted octanol–water partition coefficient (Wildman–Crippen LogP) is 1.46. The quantitative estimate of drug-likeness (QED) is 0.771. The highest BCUT2D eigenvalue weighted by atomic mass is 16.5. The lowest BCUT2D eigenvalue weighted by molar-refractivity contribution is -0.103. The predicted molar refractivity (Wildman–Crippen MR) is 62.1 cm³/mol. The van der Waals surface area contributed by atoms with Crippen molar-refractivity contribution in [2.75, 3.05) is 13.2 Å². The van der Waals surface area contributed by atoms with E-state index in [2.05, 4.69) is 25.2 Å². The number of ether oxygens (including phenoxy) is 2.